The third kappa shape index (κ3) is 5.58. The third-order valence-electron chi connectivity index (χ3n) is 4.09. The summed E-state index contributed by atoms with van der Waals surface area (Å²) in [6, 6.07) is 23.8. The van der Waals surface area contributed by atoms with Crippen LogP contribution < -0.4 is 9.47 Å². The molecule has 0 N–H and O–H groups in total. The molecule has 0 unspecified atom stereocenters. The largest absolute Gasteiger partial charge is 0.465 e. The Morgan fingerprint density at radius 2 is 1.43 bits per heavy atom. The Bertz CT molecular complexity index is 984. The standard InChI is InChI=1S/C25H25NO2/c1-18-9-8-12-24(16-18)27-17-21(4)25(28-23-10-6-5-7-11-23)26-22-14-19(2)13-20(3)15-22/h5-17H,1-4H3/b21-17+,26-25?. The predicted molar refractivity (Wildman–Crippen MR) is 116 cm³/mol. The number of benzene rings is 3. The fraction of sp³-hybridized carbons (Fsp3) is 0.160. The molecule has 3 rings (SSSR count). The Labute approximate surface area is 167 Å². The van der Waals surface area contributed by atoms with Crippen LogP contribution in [-0.4, -0.2) is 5.90 Å². The summed E-state index contributed by atoms with van der Waals surface area (Å²) < 4.78 is 11.9. The molecule has 0 saturated heterocycles. The maximum absolute atomic E-state index is 6.07. The maximum Gasteiger partial charge on any atom is 0.225 e. The van der Waals surface area contributed by atoms with E-state index < -0.39 is 0 Å². The molecule has 0 aromatic heterocycles. The summed E-state index contributed by atoms with van der Waals surface area (Å²) in [6.45, 7) is 8.09. The summed E-state index contributed by atoms with van der Waals surface area (Å²) in [5.74, 6) is 2.02. The Balaban J connectivity index is 1.92. The second-order valence-corrected chi connectivity index (χ2v) is 6.91. The number of hydrogen-bond donors (Lipinski definition) is 0. The molecule has 3 nitrogen and oxygen atoms in total. The number of hydrogen-bond acceptors (Lipinski definition) is 3. The van der Waals surface area contributed by atoms with Gasteiger partial charge in [-0.15, -0.1) is 0 Å². The molecule has 3 heteroatoms. The number of aliphatic imine (C=N–C) groups is 1. The van der Waals surface area contributed by atoms with E-state index in [-0.39, 0.29) is 0 Å². The normalized spacial score (nSPS) is 12.0. The van der Waals surface area contributed by atoms with Crippen molar-refractivity contribution in [2.75, 3.05) is 0 Å². The lowest BCUT2D eigenvalue weighted by Gasteiger charge is -2.11. The number of ether oxygens (including phenoxy) is 2. The van der Waals surface area contributed by atoms with Crippen molar-refractivity contribution in [1.82, 2.24) is 0 Å². The van der Waals surface area contributed by atoms with Crippen molar-refractivity contribution < 1.29 is 9.47 Å². The summed E-state index contributed by atoms with van der Waals surface area (Å²) in [6.07, 6.45) is 1.68. The number of para-hydroxylation sites is 1. The smallest absolute Gasteiger partial charge is 0.225 e. The zero-order valence-corrected chi connectivity index (χ0v) is 16.8. The fourth-order valence-electron chi connectivity index (χ4n) is 2.82. The minimum atomic E-state index is 0.504. The van der Waals surface area contributed by atoms with Crippen LogP contribution in [0, 0.1) is 20.8 Å². The lowest BCUT2D eigenvalue weighted by atomic mass is 10.1. The Morgan fingerprint density at radius 1 is 0.750 bits per heavy atom. The molecule has 0 atom stereocenters. The van der Waals surface area contributed by atoms with Crippen LogP contribution in [0.25, 0.3) is 0 Å². The van der Waals surface area contributed by atoms with E-state index in [0.29, 0.717) is 5.90 Å². The summed E-state index contributed by atoms with van der Waals surface area (Å²) in [5.41, 5.74) is 5.12. The predicted octanol–water partition coefficient (Wildman–Crippen LogP) is 6.70. The molecule has 3 aromatic carbocycles. The molecule has 0 aliphatic carbocycles. The first kappa shape index (κ1) is 19.4. The highest BCUT2D eigenvalue weighted by molar-refractivity contribution is 5.96. The molecule has 28 heavy (non-hydrogen) atoms. The summed E-state index contributed by atoms with van der Waals surface area (Å²) in [5, 5.41) is 0. The highest BCUT2D eigenvalue weighted by atomic mass is 16.5. The summed E-state index contributed by atoms with van der Waals surface area (Å²) >= 11 is 0. The first-order chi connectivity index (χ1) is 13.5. The lowest BCUT2D eigenvalue weighted by molar-refractivity contribution is 0.473. The second kappa shape index (κ2) is 9.05. The van der Waals surface area contributed by atoms with Gasteiger partial charge in [-0.2, -0.15) is 0 Å². The topological polar surface area (TPSA) is 30.8 Å². The SMILES string of the molecule is C/C(=C\Oc1cccc(C)c1)C(=Nc1cc(C)cc(C)c1)Oc1ccccc1. The van der Waals surface area contributed by atoms with Crippen LogP contribution in [0.15, 0.2) is 89.6 Å². The van der Waals surface area contributed by atoms with E-state index in [9.17, 15) is 0 Å². The highest BCUT2D eigenvalue weighted by Gasteiger charge is 2.08. The van der Waals surface area contributed by atoms with Crippen molar-refractivity contribution in [3.05, 3.63) is 101 Å². The summed E-state index contributed by atoms with van der Waals surface area (Å²) in [4.78, 5) is 4.75. The van der Waals surface area contributed by atoms with E-state index >= 15 is 0 Å². The average molecular weight is 371 g/mol. The fourth-order valence-corrected chi connectivity index (χ4v) is 2.82. The van der Waals surface area contributed by atoms with Gasteiger partial charge in [0.15, 0.2) is 0 Å². The maximum atomic E-state index is 6.07. The van der Waals surface area contributed by atoms with Crippen molar-refractivity contribution >= 4 is 11.6 Å². The molecule has 0 radical (unpaired) electrons. The van der Waals surface area contributed by atoms with Crippen LogP contribution in [-0.2, 0) is 0 Å². The Hall–Kier alpha value is -3.33. The summed E-state index contributed by atoms with van der Waals surface area (Å²) in [7, 11) is 0. The van der Waals surface area contributed by atoms with Crippen molar-refractivity contribution in [2.24, 2.45) is 4.99 Å². The molecule has 0 heterocycles. The zero-order valence-electron chi connectivity index (χ0n) is 16.8. The molecule has 0 aliphatic rings. The monoisotopic (exact) mass is 371 g/mol. The molecule has 3 aromatic rings. The molecule has 0 amide bonds. The van der Waals surface area contributed by atoms with Gasteiger partial charge in [0, 0.05) is 5.57 Å². The molecule has 142 valence electrons. The number of rotatable bonds is 5. The van der Waals surface area contributed by atoms with Crippen molar-refractivity contribution in [1.29, 1.82) is 0 Å². The molecule has 0 saturated carbocycles. The minimum Gasteiger partial charge on any atom is -0.465 e. The Kier molecular flexibility index (Phi) is 6.28. The molecular weight excluding hydrogens is 346 g/mol. The van der Waals surface area contributed by atoms with Crippen LogP contribution in [0.5, 0.6) is 11.5 Å². The zero-order chi connectivity index (χ0) is 19.9. The molecule has 0 spiro atoms. The first-order valence-corrected chi connectivity index (χ1v) is 9.30. The lowest BCUT2D eigenvalue weighted by Crippen LogP contribution is -2.11. The van der Waals surface area contributed by atoms with Gasteiger partial charge in [0.2, 0.25) is 5.90 Å². The molecule has 0 aliphatic heterocycles. The van der Waals surface area contributed by atoms with E-state index in [4.69, 9.17) is 14.5 Å². The van der Waals surface area contributed by atoms with Gasteiger partial charge < -0.3 is 9.47 Å². The van der Waals surface area contributed by atoms with E-state index in [2.05, 4.69) is 19.9 Å². The molecular formula is C25H25NO2. The van der Waals surface area contributed by atoms with Crippen LogP contribution in [0.4, 0.5) is 5.69 Å². The second-order valence-electron chi connectivity index (χ2n) is 6.91. The van der Waals surface area contributed by atoms with Gasteiger partial charge in [-0.05, 0) is 80.8 Å². The van der Waals surface area contributed by atoms with Crippen molar-refractivity contribution in [2.45, 2.75) is 27.7 Å². The number of aryl methyl sites for hydroxylation is 3. The van der Waals surface area contributed by atoms with E-state index in [0.717, 1.165) is 39.4 Å². The van der Waals surface area contributed by atoms with Crippen molar-refractivity contribution in [3.63, 3.8) is 0 Å². The third-order valence-corrected chi connectivity index (χ3v) is 4.09. The van der Waals surface area contributed by atoms with Gasteiger partial charge >= 0.3 is 0 Å². The van der Waals surface area contributed by atoms with Crippen LogP contribution >= 0.6 is 0 Å². The number of nitrogens with zero attached hydrogens (tertiary/aromatic N) is 1. The van der Waals surface area contributed by atoms with Gasteiger partial charge in [-0.1, -0.05) is 36.4 Å². The van der Waals surface area contributed by atoms with Crippen LogP contribution in [0.3, 0.4) is 0 Å². The van der Waals surface area contributed by atoms with Gasteiger partial charge in [0.1, 0.15) is 11.5 Å². The average Bonchev–Trinajstić information content (AvgIpc) is 2.66. The minimum absolute atomic E-state index is 0.504. The van der Waals surface area contributed by atoms with Crippen LogP contribution in [0.1, 0.15) is 23.6 Å². The highest BCUT2D eigenvalue weighted by Crippen LogP contribution is 2.21. The quantitative estimate of drug-likeness (QED) is 0.284. The van der Waals surface area contributed by atoms with Gasteiger partial charge in [0.05, 0.1) is 11.9 Å². The Morgan fingerprint density at radius 3 is 2.11 bits per heavy atom. The van der Waals surface area contributed by atoms with Crippen LogP contribution in [0.2, 0.25) is 0 Å². The molecule has 0 fully saturated rings. The van der Waals surface area contributed by atoms with Gasteiger partial charge in [-0.25, -0.2) is 4.99 Å². The first-order valence-electron chi connectivity index (χ1n) is 9.30. The van der Waals surface area contributed by atoms with E-state index in [1.165, 1.54) is 0 Å². The van der Waals surface area contributed by atoms with Crippen molar-refractivity contribution in [3.8, 4) is 11.5 Å². The van der Waals surface area contributed by atoms with E-state index in [1.807, 2.05) is 80.6 Å². The van der Waals surface area contributed by atoms with E-state index in [1.54, 1.807) is 6.26 Å². The van der Waals surface area contributed by atoms with Gasteiger partial charge in [0.25, 0.3) is 0 Å². The molecule has 0 bridgehead atoms. The van der Waals surface area contributed by atoms with Gasteiger partial charge in [-0.3, -0.25) is 0 Å².